The highest BCUT2D eigenvalue weighted by Crippen LogP contribution is 2.29. The number of carbonyl (C=O) groups is 2. The fourth-order valence-corrected chi connectivity index (χ4v) is 2.81. The van der Waals surface area contributed by atoms with Crippen molar-refractivity contribution >= 4 is 11.8 Å². The second-order valence-electron chi connectivity index (χ2n) is 5.44. The molecule has 0 aromatic rings. The van der Waals surface area contributed by atoms with Crippen LogP contribution >= 0.6 is 0 Å². The Bertz CT molecular complexity index is 316. The van der Waals surface area contributed by atoms with Crippen LogP contribution in [0.2, 0.25) is 0 Å². The lowest BCUT2D eigenvalue weighted by Crippen LogP contribution is -2.45. The summed E-state index contributed by atoms with van der Waals surface area (Å²) >= 11 is 0. The van der Waals surface area contributed by atoms with Crippen LogP contribution in [0.3, 0.4) is 0 Å². The van der Waals surface area contributed by atoms with Gasteiger partial charge in [-0.2, -0.15) is 0 Å². The number of hydrogen-bond donors (Lipinski definition) is 2. The van der Waals surface area contributed by atoms with Crippen LogP contribution in [-0.2, 0) is 9.59 Å². The van der Waals surface area contributed by atoms with Gasteiger partial charge in [-0.15, -0.1) is 0 Å². The van der Waals surface area contributed by atoms with Gasteiger partial charge in [0.05, 0.1) is 6.54 Å². The van der Waals surface area contributed by atoms with Gasteiger partial charge in [-0.3, -0.25) is 9.59 Å². The van der Waals surface area contributed by atoms with E-state index in [1.165, 1.54) is 0 Å². The lowest BCUT2D eigenvalue weighted by Gasteiger charge is -2.31. The molecule has 0 heterocycles. The summed E-state index contributed by atoms with van der Waals surface area (Å²) < 4.78 is 0. The quantitative estimate of drug-likeness (QED) is 0.773. The van der Waals surface area contributed by atoms with Gasteiger partial charge in [0.25, 0.3) is 0 Å². The van der Waals surface area contributed by atoms with Crippen molar-refractivity contribution < 1.29 is 9.59 Å². The third kappa shape index (κ3) is 4.49. The van der Waals surface area contributed by atoms with E-state index in [0.29, 0.717) is 19.0 Å². The normalized spacial score (nSPS) is 26.8. The summed E-state index contributed by atoms with van der Waals surface area (Å²) in [5, 5.41) is 2.78. The zero-order valence-corrected chi connectivity index (χ0v) is 12.3. The Hall–Kier alpha value is -1.10. The molecule has 0 bridgehead atoms. The van der Waals surface area contributed by atoms with E-state index in [-0.39, 0.29) is 30.3 Å². The fourth-order valence-electron chi connectivity index (χ4n) is 2.81. The summed E-state index contributed by atoms with van der Waals surface area (Å²) in [6, 6.07) is 0.219. The van der Waals surface area contributed by atoms with Crippen LogP contribution in [0.15, 0.2) is 0 Å². The van der Waals surface area contributed by atoms with Gasteiger partial charge in [0.15, 0.2) is 0 Å². The van der Waals surface area contributed by atoms with Crippen LogP contribution in [0.5, 0.6) is 0 Å². The Balaban J connectivity index is 2.41. The average Bonchev–Trinajstić information content (AvgIpc) is 2.37. The van der Waals surface area contributed by atoms with Crippen LogP contribution in [-0.4, -0.2) is 42.4 Å². The zero-order chi connectivity index (χ0) is 14.4. The van der Waals surface area contributed by atoms with Crippen LogP contribution in [0.4, 0.5) is 0 Å². The van der Waals surface area contributed by atoms with Crippen LogP contribution in [0.25, 0.3) is 0 Å². The predicted octanol–water partition coefficient (Wildman–Crippen LogP) is 0.735. The molecule has 0 aliphatic heterocycles. The van der Waals surface area contributed by atoms with Gasteiger partial charge in [0.2, 0.25) is 11.8 Å². The third-order valence-corrected chi connectivity index (χ3v) is 4.08. The molecule has 3 unspecified atom stereocenters. The Morgan fingerprint density at radius 3 is 2.42 bits per heavy atom. The number of nitrogens with two attached hydrogens (primary N) is 1. The van der Waals surface area contributed by atoms with Gasteiger partial charge >= 0.3 is 0 Å². The molecule has 1 saturated carbocycles. The van der Waals surface area contributed by atoms with Crippen molar-refractivity contribution in [1.29, 1.82) is 0 Å². The zero-order valence-electron chi connectivity index (χ0n) is 12.3. The molecule has 0 radical (unpaired) electrons. The summed E-state index contributed by atoms with van der Waals surface area (Å²) in [6.07, 6.45) is 2.61. The monoisotopic (exact) mass is 269 g/mol. The second-order valence-corrected chi connectivity index (χ2v) is 5.44. The van der Waals surface area contributed by atoms with Gasteiger partial charge in [-0.1, -0.05) is 6.92 Å². The number of carbonyl (C=O) groups excluding carboxylic acids is 2. The van der Waals surface area contributed by atoms with Gasteiger partial charge in [-0.25, -0.2) is 0 Å². The van der Waals surface area contributed by atoms with Crippen molar-refractivity contribution in [2.75, 3.05) is 19.6 Å². The minimum Gasteiger partial charge on any atom is -0.347 e. The summed E-state index contributed by atoms with van der Waals surface area (Å²) in [4.78, 5) is 25.6. The Morgan fingerprint density at radius 1 is 1.26 bits per heavy atom. The maximum atomic E-state index is 12.1. The molecule has 1 rings (SSSR count). The second kappa shape index (κ2) is 7.48. The molecular weight excluding hydrogens is 242 g/mol. The first kappa shape index (κ1) is 16.0. The highest BCUT2D eigenvalue weighted by molar-refractivity contribution is 5.86. The lowest BCUT2D eigenvalue weighted by molar-refractivity contribution is -0.134. The molecule has 1 fully saturated rings. The minimum atomic E-state index is -0.0153. The minimum absolute atomic E-state index is 0.0000869. The SMILES string of the molecule is CCN(CC)C(=O)CNC(=O)C1CCC(N)CC1C. The molecule has 1 aliphatic rings. The predicted molar refractivity (Wildman–Crippen MR) is 75.4 cm³/mol. The first-order chi connectivity index (χ1) is 8.99. The van der Waals surface area contributed by atoms with Gasteiger partial charge in [0, 0.05) is 25.0 Å². The molecule has 0 aromatic carbocycles. The first-order valence-corrected chi connectivity index (χ1v) is 7.30. The van der Waals surface area contributed by atoms with E-state index >= 15 is 0 Å². The number of nitrogens with one attached hydrogen (secondary N) is 1. The molecule has 3 atom stereocenters. The molecule has 5 heteroatoms. The van der Waals surface area contributed by atoms with E-state index in [2.05, 4.69) is 12.2 Å². The van der Waals surface area contributed by atoms with E-state index in [4.69, 9.17) is 5.73 Å². The maximum absolute atomic E-state index is 12.1. The number of rotatable bonds is 5. The molecular formula is C14H27N3O2. The summed E-state index contributed by atoms with van der Waals surface area (Å²) in [5.74, 6) is 0.287. The highest BCUT2D eigenvalue weighted by Gasteiger charge is 2.31. The topological polar surface area (TPSA) is 75.4 Å². The van der Waals surface area contributed by atoms with Gasteiger partial charge in [0.1, 0.15) is 0 Å². The molecule has 1 aliphatic carbocycles. The van der Waals surface area contributed by atoms with Crippen molar-refractivity contribution in [3.8, 4) is 0 Å². The summed E-state index contributed by atoms with van der Waals surface area (Å²) in [6.45, 7) is 7.41. The molecule has 110 valence electrons. The van der Waals surface area contributed by atoms with E-state index in [1.54, 1.807) is 4.90 Å². The van der Waals surface area contributed by atoms with E-state index in [0.717, 1.165) is 19.3 Å². The molecule has 0 spiro atoms. The van der Waals surface area contributed by atoms with Crippen LogP contribution < -0.4 is 11.1 Å². The molecule has 0 saturated heterocycles. The van der Waals surface area contributed by atoms with Crippen molar-refractivity contribution in [3.05, 3.63) is 0 Å². The molecule has 2 amide bonds. The summed E-state index contributed by atoms with van der Waals surface area (Å²) in [5.41, 5.74) is 5.89. The van der Waals surface area contributed by atoms with Crippen molar-refractivity contribution in [1.82, 2.24) is 10.2 Å². The van der Waals surface area contributed by atoms with E-state index < -0.39 is 0 Å². The van der Waals surface area contributed by atoms with E-state index in [9.17, 15) is 9.59 Å². The lowest BCUT2D eigenvalue weighted by atomic mass is 9.78. The number of hydrogen-bond acceptors (Lipinski definition) is 3. The Morgan fingerprint density at radius 2 is 1.89 bits per heavy atom. The highest BCUT2D eigenvalue weighted by atomic mass is 16.2. The molecule has 19 heavy (non-hydrogen) atoms. The number of nitrogens with zero attached hydrogens (tertiary/aromatic N) is 1. The van der Waals surface area contributed by atoms with Crippen molar-refractivity contribution in [2.24, 2.45) is 17.6 Å². The largest absolute Gasteiger partial charge is 0.347 e. The average molecular weight is 269 g/mol. The van der Waals surface area contributed by atoms with Crippen molar-refractivity contribution in [3.63, 3.8) is 0 Å². The third-order valence-electron chi connectivity index (χ3n) is 4.08. The van der Waals surface area contributed by atoms with Crippen LogP contribution in [0.1, 0.15) is 40.0 Å². The molecule has 0 aromatic heterocycles. The number of likely N-dealkylation sites (N-methyl/N-ethyl adjacent to an activating group) is 1. The Kier molecular flexibility index (Phi) is 6.28. The smallest absolute Gasteiger partial charge is 0.241 e. The summed E-state index contributed by atoms with van der Waals surface area (Å²) in [7, 11) is 0. The molecule has 3 N–H and O–H groups in total. The maximum Gasteiger partial charge on any atom is 0.241 e. The van der Waals surface area contributed by atoms with Crippen molar-refractivity contribution in [2.45, 2.75) is 46.1 Å². The molecule has 5 nitrogen and oxygen atoms in total. The first-order valence-electron chi connectivity index (χ1n) is 7.30. The van der Waals surface area contributed by atoms with E-state index in [1.807, 2.05) is 13.8 Å². The Labute approximate surface area is 115 Å². The van der Waals surface area contributed by atoms with Crippen LogP contribution in [0, 0.1) is 11.8 Å². The van der Waals surface area contributed by atoms with Gasteiger partial charge in [-0.05, 0) is 39.0 Å². The fraction of sp³-hybridized carbons (Fsp3) is 0.857. The van der Waals surface area contributed by atoms with Gasteiger partial charge < -0.3 is 16.0 Å². The standard InChI is InChI=1S/C14H27N3O2/c1-4-17(5-2)13(18)9-16-14(19)12-7-6-11(15)8-10(12)3/h10-12H,4-9,15H2,1-3H3,(H,16,19). The number of amides is 2.